The third-order valence-electron chi connectivity index (χ3n) is 8.72. The summed E-state index contributed by atoms with van der Waals surface area (Å²) in [5, 5.41) is 0. The minimum absolute atomic E-state index is 0.283. The van der Waals surface area contributed by atoms with E-state index in [1.165, 1.54) is 103 Å². The highest BCUT2D eigenvalue weighted by atomic mass is 31.1. The topological polar surface area (TPSA) is 29.5 Å². The van der Waals surface area contributed by atoms with Gasteiger partial charge in [0.2, 0.25) is 5.91 Å². The zero-order chi connectivity index (χ0) is 20.3. The molecular formula is C25H43NO2P2. The summed E-state index contributed by atoms with van der Waals surface area (Å²) >= 11 is 0. The van der Waals surface area contributed by atoms with E-state index in [-0.39, 0.29) is 16.2 Å². The van der Waals surface area contributed by atoms with Gasteiger partial charge in [-0.15, -0.1) is 0 Å². The lowest BCUT2D eigenvalue weighted by Crippen LogP contribution is -2.37. The summed E-state index contributed by atoms with van der Waals surface area (Å²) in [4.78, 5) is 13.2. The second-order valence-corrected chi connectivity index (χ2v) is 15.8. The van der Waals surface area contributed by atoms with Crippen LogP contribution in [0.1, 0.15) is 116 Å². The van der Waals surface area contributed by atoms with E-state index in [0.717, 1.165) is 42.1 Å². The van der Waals surface area contributed by atoms with Crippen LogP contribution in [0, 0.1) is 0 Å². The number of hydrogen-bond acceptors (Lipinski definition) is 2. The molecule has 0 unspecified atom stereocenters. The molecule has 4 saturated carbocycles. The Labute approximate surface area is 187 Å². The number of hydrogen-bond donors (Lipinski definition) is 0. The number of nitrogens with zero attached hydrogens (tertiary/aromatic N) is 1. The van der Waals surface area contributed by atoms with Gasteiger partial charge in [-0.2, -0.15) is 0 Å². The van der Waals surface area contributed by atoms with E-state index >= 15 is 0 Å². The molecule has 0 N–H and O–H groups in total. The Morgan fingerprint density at radius 1 is 0.667 bits per heavy atom. The predicted octanol–water partition coefficient (Wildman–Crippen LogP) is 7.56. The van der Waals surface area contributed by atoms with Gasteiger partial charge in [0.05, 0.1) is 12.6 Å². The van der Waals surface area contributed by atoms with E-state index in [0.29, 0.717) is 11.9 Å². The Balaban J connectivity index is 1.29. The van der Waals surface area contributed by atoms with Gasteiger partial charge in [-0.1, -0.05) is 51.4 Å². The van der Waals surface area contributed by atoms with E-state index in [9.17, 15) is 4.79 Å². The van der Waals surface area contributed by atoms with E-state index < -0.39 is 0 Å². The zero-order valence-corrected chi connectivity index (χ0v) is 20.8. The molecule has 5 rings (SSSR count). The average Bonchev–Trinajstić information content (AvgIpc) is 3.58. The third-order valence-corrected chi connectivity index (χ3v) is 15.2. The van der Waals surface area contributed by atoms with Gasteiger partial charge < -0.3 is 9.19 Å². The average molecular weight is 452 g/mol. The van der Waals surface area contributed by atoms with Crippen LogP contribution in [0.25, 0.3) is 0 Å². The highest BCUT2D eigenvalue weighted by molar-refractivity contribution is 7.57. The van der Waals surface area contributed by atoms with Crippen molar-refractivity contribution in [3.63, 3.8) is 0 Å². The van der Waals surface area contributed by atoms with Gasteiger partial charge in [0.1, 0.15) is 0 Å². The molecule has 0 aromatic rings. The fourth-order valence-corrected chi connectivity index (χ4v) is 14.3. The monoisotopic (exact) mass is 451 g/mol. The number of carbonyl (C=O) groups excluding carboxylic acids is 1. The second kappa shape index (κ2) is 10.5. The fourth-order valence-electron chi connectivity index (χ4n) is 7.19. The summed E-state index contributed by atoms with van der Waals surface area (Å²) in [5.41, 5.74) is 3.39. The Morgan fingerprint density at radius 2 is 1.10 bits per heavy atom. The molecule has 30 heavy (non-hydrogen) atoms. The molecule has 4 aliphatic carbocycles. The van der Waals surface area contributed by atoms with E-state index in [2.05, 4.69) is 4.67 Å². The SMILES string of the molecule is O=C1CC[C@@H](COP(C2CCCC2)C2CCCC2)N1P(C1CCCC1)C1CCCC1. The van der Waals surface area contributed by atoms with Gasteiger partial charge in [-0.3, -0.25) is 4.79 Å². The maximum Gasteiger partial charge on any atom is 0.226 e. The maximum absolute atomic E-state index is 13.2. The van der Waals surface area contributed by atoms with Gasteiger partial charge in [-0.25, -0.2) is 0 Å². The van der Waals surface area contributed by atoms with Gasteiger partial charge in [-0.05, 0) is 69.1 Å². The summed E-state index contributed by atoms with van der Waals surface area (Å²) in [7, 11) is -0.566. The first-order valence-corrected chi connectivity index (χ1v) is 16.2. The van der Waals surface area contributed by atoms with Crippen LogP contribution in [-0.2, 0) is 9.32 Å². The lowest BCUT2D eigenvalue weighted by atomic mass is 10.2. The largest absolute Gasteiger partial charge is 0.357 e. The molecule has 0 radical (unpaired) electrons. The van der Waals surface area contributed by atoms with Gasteiger partial charge in [0.15, 0.2) is 0 Å². The van der Waals surface area contributed by atoms with Crippen molar-refractivity contribution in [3.05, 3.63) is 0 Å². The Kier molecular flexibility index (Phi) is 7.72. The Hall–Kier alpha value is 0.290. The maximum atomic E-state index is 13.2. The second-order valence-electron chi connectivity index (χ2n) is 10.7. The standard InChI is InChI=1S/C25H43NO2P2/c27-25-18-17-20(19-28-30(23-13-5-6-14-23)24-15-7-8-16-24)26(25)29(21-9-1-2-10-21)22-11-3-4-12-22/h20-24H,1-19H2/t20-/m0/s1. The fraction of sp³-hybridized carbons (Fsp3) is 0.960. The minimum Gasteiger partial charge on any atom is -0.357 e. The lowest BCUT2D eigenvalue weighted by molar-refractivity contribution is -0.124. The zero-order valence-electron chi connectivity index (χ0n) is 19.0. The molecule has 5 aliphatic rings. The van der Waals surface area contributed by atoms with Crippen LogP contribution in [0.15, 0.2) is 0 Å². The highest BCUT2D eigenvalue weighted by Crippen LogP contribution is 2.62. The van der Waals surface area contributed by atoms with Crippen LogP contribution >= 0.6 is 16.2 Å². The third kappa shape index (κ3) is 4.79. The van der Waals surface area contributed by atoms with Crippen LogP contribution < -0.4 is 0 Å². The van der Waals surface area contributed by atoms with Gasteiger partial charge in [0.25, 0.3) is 0 Å². The summed E-state index contributed by atoms with van der Waals surface area (Å²) in [5.74, 6) is 0.486. The van der Waals surface area contributed by atoms with Gasteiger partial charge >= 0.3 is 0 Å². The van der Waals surface area contributed by atoms with Crippen LogP contribution in [-0.4, -0.2) is 45.9 Å². The number of carbonyl (C=O) groups is 1. The van der Waals surface area contributed by atoms with Crippen molar-refractivity contribution in [2.24, 2.45) is 0 Å². The molecule has 1 atom stereocenters. The van der Waals surface area contributed by atoms with E-state index in [1.54, 1.807) is 0 Å². The molecule has 170 valence electrons. The summed E-state index contributed by atoms with van der Waals surface area (Å²) in [6, 6.07) is 0.401. The molecule has 1 heterocycles. The minimum atomic E-state index is -0.283. The summed E-state index contributed by atoms with van der Waals surface area (Å²) in [6.45, 7) is 0.864. The van der Waals surface area contributed by atoms with Crippen molar-refractivity contribution < 1.29 is 9.32 Å². The van der Waals surface area contributed by atoms with Crippen molar-refractivity contribution in [1.29, 1.82) is 0 Å². The van der Waals surface area contributed by atoms with Crippen molar-refractivity contribution >= 4 is 22.1 Å². The van der Waals surface area contributed by atoms with E-state index in [4.69, 9.17) is 4.52 Å². The molecule has 0 aromatic heterocycles. The molecule has 0 aromatic carbocycles. The summed E-state index contributed by atoms with van der Waals surface area (Å²) < 4.78 is 9.43. The number of rotatable bonds is 8. The molecule has 1 aliphatic heterocycles. The molecular weight excluding hydrogens is 408 g/mol. The van der Waals surface area contributed by atoms with Crippen LogP contribution in [0.4, 0.5) is 0 Å². The number of amides is 1. The highest BCUT2D eigenvalue weighted by Gasteiger charge is 2.45. The van der Waals surface area contributed by atoms with Crippen molar-refractivity contribution in [2.45, 2.75) is 144 Å². The van der Waals surface area contributed by atoms with Crippen LogP contribution in [0.3, 0.4) is 0 Å². The molecule has 0 spiro atoms. The smallest absolute Gasteiger partial charge is 0.226 e. The lowest BCUT2D eigenvalue weighted by Gasteiger charge is -2.41. The summed E-state index contributed by atoms with van der Waals surface area (Å²) in [6.07, 6.45) is 24.3. The first-order valence-electron chi connectivity index (χ1n) is 13.3. The Morgan fingerprint density at radius 3 is 1.57 bits per heavy atom. The van der Waals surface area contributed by atoms with Crippen molar-refractivity contribution in [2.75, 3.05) is 6.61 Å². The molecule has 1 saturated heterocycles. The quantitative estimate of drug-likeness (QED) is 0.356. The Bertz CT molecular complexity index is 531. The predicted molar refractivity (Wildman–Crippen MR) is 129 cm³/mol. The first kappa shape index (κ1) is 22.1. The molecule has 1 amide bonds. The first-order chi connectivity index (χ1) is 14.8. The molecule has 3 nitrogen and oxygen atoms in total. The van der Waals surface area contributed by atoms with Crippen LogP contribution in [0.2, 0.25) is 0 Å². The van der Waals surface area contributed by atoms with Crippen molar-refractivity contribution in [3.8, 4) is 0 Å². The van der Waals surface area contributed by atoms with Crippen molar-refractivity contribution in [1.82, 2.24) is 4.67 Å². The molecule has 5 heteroatoms. The molecule has 5 fully saturated rings. The molecule has 0 bridgehead atoms. The normalized spacial score (nSPS) is 30.3. The van der Waals surface area contributed by atoms with E-state index in [1.807, 2.05) is 0 Å². The van der Waals surface area contributed by atoms with Gasteiger partial charge in [0, 0.05) is 34.0 Å². The van der Waals surface area contributed by atoms with Crippen LogP contribution in [0.5, 0.6) is 0 Å².